The second kappa shape index (κ2) is 3.99. The molecule has 0 N–H and O–H groups in total. The Morgan fingerprint density at radius 1 is 1.21 bits per heavy atom. The van der Waals surface area contributed by atoms with E-state index in [9.17, 15) is 0 Å². The van der Waals surface area contributed by atoms with Gasteiger partial charge in [0.1, 0.15) is 0 Å². The highest BCUT2D eigenvalue weighted by Crippen LogP contribution is 2.29. The summed E-state index contributed by atoms with van der Waals surface area (Å²) in [5.74, 6) is 0.409. The van der Waals surface area contributed by atoms with Crippen LogP contribution in [0.1, 0.15) is 17.9 Å². The molecule has 0 bridgehead atoms. The molecule has 70 valence electrons. The average Bonchev–Trinajstić information content (AvgIpc) is 2.68. The molecule has 0 saturated carbocycles. The molecular weight excluding hydrogens is 174 g/mol. The summed E-state index contributed by atoms with van der Waals surface area (Å²) in [6.45, 7) is 0. The van der Waals surface area contributed by atoms with Gasteiger partial charge in [-0.05, 0) is 17.5 Å². The average molecular weight is 185 g/mol. The number of benzene rings is 1. The maximum atomic E-state index is 8.31. The zero-order valence-corrected chi connectivity index (χ0v) is 7.74. The van der Waals surface area contributed by atoms with Gasteiger partial charge in [0, 0.05) is 10.8 Å². The molecule has 3 nitrogen and oxygen atoms in total. The first-order valence-corrected chi connectivity index (χ1v) is 4.67. The summed E-state index contributed by atoms with van der Waals surface area (Å²) in [5, 5.41) is 3.69. The molecule has 0 fully saturated rings. The van der Waals surface area contributed by atoms with Crippen LogP contribution in [0.5, 0.6) is 0 Å². The van der Waals surface area contributed by atoms with Gasteiger partial charge in [-0.25, -0.2) is 0 Å². The summed E-state index contributed by atoms with van der Waals surface area (Å²) >= 11 is 0. The van der Waals surface area contributed by atoms with Crippen molar-refractivity contribution in [2.24, 2.45) is 5.11 Å². The molecule has 0 amide bonds. The first-order valence-electron chi connectivity index (χ1n) is 4.67. The third kappa shape index (κ3) is 1.78. The van der Waals surface area contributed by atoms with Crippen molar-refractivity contribution in [3.63, 3.8) is 0 Å². The molecule has 0 aromatic heterocycles. The van der Waals surface area contributed by atoms with Crippen molar-refractivity contribution in [1.29, 1.82) is 0 Å². The normalized spacial score (nSPS) is 24.6. The van der Waals surface area contributed by atoms with Gasteiger partial charge in [-0.1, -0.05) is 47.6 Å². The Balaban J connectivity index is 2.11. The number of hydrogen-bond acceptors (Lipinski definition) is 1. The van der Waals surface area contributed by atoms with E-state index in [1.54, 1.807) is 0 Å². The lowest BCUT2D eigenvalue weighted by Gasteiger charge is -2.08. The van der Waals surface area contributed by atoms with E-state index in [1.165, 1.54) is 5.56 Å². The van der Waals surface area contributed by atoms with Crippen molar-refractivity contribution in [2.45, 2.75) is 18.4 Å². The van der Waals surface area contributed by atoms with E-state index in [0.717, 1.165) is 6.42 Å². The van der Waals surface area contributed by atoms with Crippen LogP contribution < -0.4 is 0 Å². The van der Waals surface area contributed by atoms with E-state index in [1.807, 2.05) is 24.3 Å². The zero-order chi connectivity index (χ0) is 9.80. The third-order valence-corrected chi connectivity index (χ3v) is 2.49. The van der Waals surface area contributed by atoms with E-state index >= 15 is 0 Å². The lowest BCUT2D eigenvalue weighted by Crippen LogP contribution is -1.98. The van der Waals surface area contributed by atoms with Crippen molar-refractivity contribution in [1.82, 2.24) is 0 Å². The summed E-state index contributed by atoms with van der Waals surface area (Å²) in [4.78, 5) is 2.82. The highest BCUT2D eigenvalue weighted by Gasteiger charge is 2.18. The lowest BCUT2D eigenvalue weighted by molar-refractivity contribution is 0.706. The minimum Gasteiger partial charge on any atom is -0.0865 e. The van der Waals surface area contributed by atoms with Gasteiger partial charge >= 0.3 is 0 Å². The van der Waals surface area contributed by atoms with Gasteiger partial charge in [-0.2, -0.15) is 0 Å². The fourth-order valence-corrected chi connectivity index (χ4v) is 1.78. The van der Waals surface area contributed by atoms with Gasteiger partial charge < -0.3 is 0 Å². The van der Waals surface area contributed by atoms with Gasteiger partial charge in [0.05, 0.1) is 6.04 Å². The number of nitrogens with zero attached hydrogens (tertiary/aromatic N) is 3. The zero-order valence-electron chi connectivity index (χ0n) is 7.74. The van der Waals surface area contributed by atoms with Crippen molar-refractivity contribution >= 4 is 0 Å². The van der Waals surface area contributed by atoms with E-state index < -0.39 is 0 Å². The van der Waals surface area contributed by atoms with E-state index in [-0.39, 0.29) is 6.04 Å². The largest absolute Gasteiger partial charge is 0.0865 e. The SMILES string of the molecule is [N-]=[N+]=N[C@H]1C=C[C@@H](c2ccccc2)C1. The predicted octanol–water partition coefficient (Wildman–Crippen LogP) is 3.41. The molecule has 0 spiro atoms. The number of allylic oxidation sites excluding steroid dienone is 1. The van der Waals surface area contributed by atoms with Crippen LogP contribution in [0.3, 0.4) is 0 Å². The van der Waals surface area contributed by atoms with Crippen LogP contribution in [-0.4, -0.2) is 6.04 Å². The van der Waals surface area contributed by atoms with Crippen LogP contribution >= 0.6 is 0 Å². The van der Waals surface area contributed by atoms with Crippen LogP contribution in [0, 0.1) is 0 Å². The topological polar surface area (TPSA) is 48.8 Å². The number of hydrogen-bond donors (Lipinski definition) is 0. The molecule has 2 atom stereocenters. The number of rotatable bonds is 2. The fourth-order valence-electron chi connectivity index (χ4n) is 1.78. The quantitative estimate of drug-likeness (QED) is 0.293. The third-order valence-electron chi connectivity index (χ3n) is 2.49. The molecule has 1 aliphatic carbocycles. The highest BCUT2D eigenvalue weighted by atomic mass is 15.1. The van der Waals surface area contributed by atoms with Gasteiger partial charge in [0.15, 0.2) is 0 Å². The van der Waals surface area contributed by atoms with Crippen LogP contribution in [0.2, 0.25) is 0 Å². The lowest BCUT2D eigenvalue weighted by atomic mass is 9.98. The summed E-state index contributed by atoms with van der Waals surface area (Å²) in [5.41, 5.74) is 9.60. The number of azide groups is 1. The van der Waals surface area contributed by atoms with Gasteiger partial charge in [-0.15, -0.1) is 0 Å². The standard InChI is InChI=1S/C11H11N3/c12-14-13-11-7-6-10(8-11)9-4-2-1-3-5-9/h1-7,10-11H,8H2/t10-,11+/m1/s1. The highest BCUT2D eigenvalue weighted by molar-refractivity contribution is 5.27. The predicted molar refractivity (Wildman–Crippen MR) is 55.9 cm³/mol. The molecule has 1 aromatic carbocycles. The fraction of sp³-hybridized carbons (Fsp3) is 0.273. The van der Waals surface area contributed by atoms with E-state index in [0.29, 0.717) is 5.92 Å². The maximum Gasteiger partial charge on any atom is 0.0564 e. The molecule has 3 heteroatoms. The smallest absolute Gasteiger partial charge is 0.0564 e. The Morgan fingerprint density at radius 3 is 2.71 bits per heavy atom. The van der Waals surface area contributed by atoms with Crippen molar-refractivity contribution in [3.05, 3.63) is 58.5 Å². The van der Waals surface area contributed by atoms with Crippen LogP contribution in [0.25, 0.3) is 10.4 Å². The van der Waals surface area contributed by atoms with Crippen LogP contribution in [0.4, 0.5) is 0 Å². The molecule has 1 aliphatic rings. The Labute approximate surface area is 82.7 Å². The molecule has 0 heterocycles. The molecule has 14 heavy (non-hydrogen) atoms. The molecule has 0 aliphatic heterocycles. The molecule has 0 radical (unpaired) electrons. The van der Waals surface area contributed by atoms with Crippen LogP contribution in [-0.2, 0) is 0 Å². The van der Waals surface area contributed by atoms with E-state index in [4.69, 9.17) is 5.53 Å². The summed E-state index contributed by atoms with van der Waals surface area (Å²) in [6.07, 6.45) is 5.00. The molecule has 0 unspecified atom stereocenters. The van der Waals surface area contributed by atoms with Crippen molar-refractivity contribution in [2.75, 3.05) is 0 Å². The molecule has 1 aromatic rings. The van der Waals surface area contributed by atoms with Gasteiger partial charge in [0.2, 0.25) is 0 Å². The Bertz CT molecular complexity index is 377. The second-order valence-electron chi connectivity index (χ2n) is 3.41. The molecule has 2 rings (SSSR count). The van der Waals surface area contributed by atoms with Crippen LogP contribution in [0.15, 0.2) is 47.6 Å². The van der Waals surface area contributed by atoms with E-state index in [2.05, 4.69) is 28.2 Å². The maximum absolute atomic E-state index is 8.31. The molecule has 0 saturated heterocycles. The first-order chi connectivity index (χ1) is 6.90. The Morgan fingerprint density at radius 2 is 2.00 bits per heavy atom. The second-order valence-corrected chi connectivity index (χ2v) is 3.41. The minimum absolute atomic E-state index is 0.0326. The Kier molecular flexibility index (Phi) is 2.52. The minimum atomic E-state index is 0.0326. The van der Waals surface area contributed by atoms with Crippen molar-refractivity contribution < 1.29 is 0 Å². The Hall–Kier alpha value is -1.73. The molecular formula is C11H11N3. The van der Waals surface area contributed by atoms with Crippen molar-refractivity contribution in [3.8, 4) is 0 Å². The van der Waals surface area contributed by atoms with Gasteiger partial charge in [-0.3, -0.25) is 0 Å². The summed E-state index contributed by atoms with van der Waals surface area (Å²) in [6, 6.07) is 10.3. The first kappa shape index (κ1) is 8.85. The van der Waals surface area contributed by atoms with Gasteiger partial charge in [0.25, 0.3) is 0 Å². The summed E-state index contributed by atoms with van der Waals surface area (Å²) in [7, 11) is 0. The summed E-state index contributed by atoms with van der Waals surface area (Å²) < 4.78 is 0. The monoisotopic (exact) mass is 185 g/mol.